The van der Waals surface area contributed by atoms with Gasteiger partial charge in [0.2, 0.25) is 0 Å². The maximum atomic E-state index is 11.0. The van der Waals surface area contributed by atoms with Crippen LogP contribution in [0.25, 0.3) is 10.8 Å². The summed E-state index contributed by atoms with van der Waals surface area (Å²) in [6.45, 7) is 0. The molecule has 0 spiro atoms. The van der Waals surface area contributed by atoms with Gasteiger partial charge in [-0.25, -0.2) is 0 Å². The molecule has 88 valence electrons. The van der Waals surface area contributed by atoms with Gasteiger partial charge in [-0.1, -0.05) is 24.3 Å². The fraction of sp³-hybridized carbons (Fsp3) is 0.231. The molecule has 0 radical (unpaired) electrons. The summed E-state index contributed by atoms with van der Waals surface area (Å²) in [6.07, 6.45) is 2.29. The Morgan fingerprint density at radius 1 is 1.41 bits per heavy atom. The Bertz CT molecular complexity index is 551. The molecule has 0 atom stereocenters. The zero-order valence-electron chi connectivity index (χ0n) is 9.51. The first-order valence-electron chi connectivity index (χ1n) is 5.35. The molecule has 0 saturated heterocycles. The van der Waals surface area contributed by atoms with Gasteiger partial charge in [-0.2, -0.15) is 0 Å². The number of aromatic hydroxyl groups is 1. The van der Waals surface area contributed by atoms with E-state index in [2.05, 4.69) is 9.72 Å². The standard InChI is InChI=1S/C13H13NO3/c1-17-12(15)7-6-11-13(16)10-5-3-2-4-9(10)8-14-11/h2-5,8,16H,6-7H2,1H3. The summed E-state index contributed by atoms with van der Waals surface area (Å²) < 4.78 is 4.55. The van der Waals surface area contributed by atoms with Crippen molar-refractivity contribution in [1.29, 1.82) is 0 Å². The number of carbonyl (C=O) groups excluding carboxylic acids is 1. The lowest BCUT2D eigenvalue weighted by Crippen LogP contribution is -2.03. The number of aromatic nitrogens is 1. The maximum absolute atomic E-state index is 11.0. The predicted molar refractivity (Wildman–Crippen MR) is 63.7 cm³/mol. The third kappa shape index (κ3) is 2.36. The molecule has 0 aliphatic carbocycles. The lowest BCUT2D eigenvalue weighted by Gasteiger charge is -2.06. The van der Waals surface area contributed by atoms with Gasteiger partial charge < -0.3 is 9.84 Å². The number of pyridine rings is 1. The minimum atomic E-state index is -0.306. The normalized spacial score (nSPS) is 10.4. The van der Waals surface area contributed by atoms with E-state index < -0.39 is 0 Å². The molecule has 0 bridgehead atoms. The fourth-order valence-electron chi connectivity index (χ4n) is 1.69. The van der Waals surface area contributed by atoms with Gasteiger partial charge in [-0.05, 0) is 0 Å². The number of fused-ring (bicyclic) bond motifs is 1. The second-order valence-corrected chi connectivity index (χ2v) is 3.72. The van der Waals surface area contributed by atoms with Gasteiger partial charge in [0, 0.05) is 23.4 Å². The first-order chi connectivity index (χ1) is 8.22. The summed E-state index contributed by atoms with van der Waals surface area (Å²) in [4.78, 5) is 15.2. The first-order valence-corrected chi connectivity index (χ1v) is 5.35. The Morgan fingerprint density at radius 2 is 2.18 bits per heavy atom. The number of benzene rings is 1. The number of rotatable bonds is 3. The van der Waals surface area contributed by atoms with Crippen molar-refractivity contribution in [2.75, 3.05) is 7.11 Å². The summed E-state index contributed by atoms with van der Waals surface area (Å²) in [5, 5.41) is 11.7. The summed E-state index contributed by atoms with van der Waals surface area (Å²) >= 11 is 0. The van der Waals surface area contributed by atoms with E-state index in [0.29, 0.717) is 12.1 Å². The smallest absolute Gasteiger partial charge is 0.305 e. The van der Waals surface area contributed by atoms with Gasteiger partial charge >= 0.3 is 5.97 Å². The van der Waals surface area contributed by atoms with Crippen LogP contribution in [0.3, 0.4) is 0 Å². The Balaban J connectivity index is 2.29. The van der Waals surface area contributed by atoms with Crippen molar-refractivity contribution in [2.24, 2.45) is 0 Å². The highest BCUT2D eigenvalue weighted by Crippen LogP contribution is 2.27. The summed E-state index contributed by atoms with van der Waals surface area (Å²) in [5.74, 6) is -0.161. The van der Waals surface area contributed by atoms with Gasteiger partial charge in [0.05, 0.1) is 19.2 Å². The third-order valence-electron chi connectivity index (χ3n) is 2.64. The molecule has 0 unspecified atom stereocenters. The number of nitrogens with zero attached hydrogens (tertiary/aromatic N) is 1. The van der Waals surface area contributed by atoms with E-state index in [9.17, 15) is 9.90 Å². The van der Waals surface area contributed by atoms with Crippen molar-refractivity contribution in [3.05, 3.63) is 36.2 Å². The third-order valence-corrected chi connectivity index (χ3v) is 2.64. The first kappa shape index (κ1) is 11.4. The van der Waals surface area contributed by atoms with Crippen LogP contribution in [0.5, 0.6) is 5.75 Å². The average Bonchev–Trinajstić information content (AvgIpc) is 2.38. The summed E-state index contributed by atoms with van der Waals surface area (Å²) in [5.41, 5.74) is 0.522. The van der Waals surface area contributed by atoms with Crippen LogP contribution in [0.15, 0.2) is 30.5 Å². The summed E-state index contributed by atoms with van der Waals surface area (Å²) in [6, 6.07) is 7.45. The number of hydrogen-bond donors (Lipinski definition) is 1. The van der Waals surface area contributed by atoms with Gasteiger partial charge in [0.1, 0.15) is 5.75 Å². The van der Waals surface area contributed by atoms with Crippen LogP contribution in [0, 0.1) is 0 Å². The Labute approximate surface area is 98.9 Å². The van der Waals surface area contributed by atoms with E-state index in [0.717, 1.165) is 10.8 Å². The van der Waals surface area contributed by atoms with E-state index in [1.807, 2.05) is 24.3 Å². The molecule has 1 heterocycles. The number of aryl methyl sites for hydroxylation is 1. The highest BCUT2D eigenvalue weighted by atomic mass is 16.5. The largest absolute Gasteiger partial charge is 0.505 e. The second kappa shape index (κ2) is 4.82. The van der Waals surface area contributed by atoms with Crippen molar-refractivity contribution >= 4 is 16.7 Å². The highest BCUT2D eigenvalue weighted by Gasteiger charge is 2.09. The topological polar surface area (TPSA) is 59.4 Å². The Hall–Kier alpha value is -2.10. The number of carbonyl (C=O) groups is 1. The van der Waals surface area contributed by atoms with Crippen LogP contribution in [0.2, 0.25) is 0 Å². The molecular weight excluding hydrogens is 218 g/mol. The number of ether oxygens (including phenoxy) is 1. The highest BCUT2D eigenvalue weighted by molar-refractivity contribution is 5.88. The van der Waals surface area contributed by atoms with Crippen molar-refractivity contribution in [3.8, 4) is 5.75 Å². The molecule has 1 N–H and O–H groups in total. The van der Waals surface area contributed by atoms with E-state index in [1.165, 1.54) is 7.11 Å². The molecular formula is C13H13NO3. The lowest BCUT2D eigenvalue weighted by atomic mass is 10.1. The van der Waals surface area contributed by atoms with E-state index in [-0.39, 0.29) is 18.1 Å². The molecule has 0 fully saturated rings. The van der Waals surface area contributed by atoms with Crippen molar-refractivity contribution in [2.45, 2.75) is 12.8 Å². The molecule has 4 nitrogen and oxygen atoms in total. The van der Waals surface area contributed by atoms with Gasteiger partial charge in [0.15, 0.2) is 0 Å². The zero-order chi connectivity index (χ0) is 12.3. The van der Waals surface area contributed by atoms with E-state index in [1.54, 1.807) is 6.20 Å². The molecule has 0 saturated carbocycles. The van der Waals surface area contributed by atoms with E-state index in [4.69, 9.17) is 0 Å². The van der Waals surface area contributed by atoms with Gasteiger partial charge in [-0.3, -0.25) is 9.78 Å². The molecule has 0 amide bonds. The van der Waals surface area contributed by atoms with Crippen LogP contribution < -0.4 is 0 Å². The molecule has 2 aromatic rings. The van der Waals surface area contributed by atoms with Gasteiger partial charge in [-0.15, -0.1) is 0 Å². The second-order valence-electron chi connectivity index (χ2n) is 3.72. The molecule has 0 aliphatic rings. The fourth-order valence-corrected chi connectivity index (χ4v) is 1.69. The Kier molecular flexibility index (Phi) is 3.23. The number of hydrogen-bond acceptors (Lipinski definition) is 4. The SMILES string of the molecule is COC(=O)CCc1ncc2ccccc2c1O. The predicted octanol–water partition coefficient (Wildman–Crippen LogP) is 2.05. The van der Waals surface area contributed by atoms with Crippen LogP contribution in [-0.4, -0.2) is 23.2 Å². The number of esters is 1. The Morgan fingerprint density at radius 3 is 2.94 bits per heavy atom. The summed E-state index contributed by atoms with van der Waals surface area (Å²) in [7, 11) is 1.34. The van der Waals surface area contributed by atoms with Crippen molar-refractivity contribution in [3.63, 3.8) is 0 Å². The molecule has 1 aromatic heterocycles. The van der Waals surface area contributed by atoms with Crippen LogP contribution in [0.1, 0.15) is 12.1 Å². The van der Waals surface area contributed by atoms with Crippen molar-refractivity contribution < 1.29 is 14.6 Å². The number of methoxy groups -OCH3 is 1. The van der Waals surface area contributed by atoms with Crippen LogP contribution in [-0.2, 0) is 16.0 Å². The van der Waals surface area contributed by atoms with Crippen molar-refractivity contribution in [1.82, 2.24) is 4.98 Å². The molecule has 2 rings (SSSR count). The van der Waals surface area contributed by atoms with Gasteiger partial charge in [0.25, 0.3) is 0 Å². The molecule has 4 heteroatoms. The maximum Gasteiger partial charge on any atom is 0.305 e. The van der Waals surface area contributed by atoms with E-state index >= 15 is 0 Å². The monoisotopic (exact) mass is 231 g/mol. The van der Waals surface area contributed by atoms with Crippen LogP contribution in [0.4, 0.5) is 0 Å². The minimum Gasteiger partial charge on any atom is -0.505 e. The quantitative estimate of drug-likeness (QED) is 0.821. The minimum absolute atomic E-state index is 0.145. The van der Waals surface area contributed by atoms with Crippen LogP contribution >= 0.6 is 0 Å². The lowest BCUT2D eigenvalue weighted by molar-refractivity contribution is -0.140. The average molecular weight is 231 g/mol. The molecule has 17 heavy (non-hydrogen) atoms. The molecule has 0 aliphatic heterocycles. The zero-order valence-corrected chi connectivity index (χ0v) is 9.51. The molecule has 1 aromatic carbocycles.